The highest BCUT2D eigenvalue weighted by atomic mass is 16.2. The van der Waals surface area contributed by atoms with Gasteiger partial charge in [-0.3, -0.25) is 9.59 Å². The van der Waals surface area contributed by atoms with Crippen LogP contribution in [-0.4, -0.2) is 30.9 Å². The van der Waals surface area contributed by atoms with Crippen molar-refractivity contribution in [3.8, 4) is 0 Å². The summed E-state index contributed by atoms with van der Waals surface area (Å²) in [6.45, 7) is 8.97. The topological polar surface area (TPSA) is 70.2 Å². The highest BCUT2D eigenvalue weighted by Crippen LogP contribution is 2.17. The molecule has 0 fully saturated rings. The van der Waals surface area contributed by atoms with E-state index < -0.39 is 0 Å². The molecule has 3 N–H and O–H groups in total. The molecule has 1 unspecified atom stereocenters. The Balaban J connectivity index is 2.63. The molecule has 5 heteroatoms. The number of rotatable bonds is 8. The molecular formula is C17H27N3O2. The Hall–Kier alpha value is -1.88. The van der Waals surface area contributed by atoms with Crippen LogP contribution in [0.5, 0.6) is 0 Å². The van der Waals surface area contributed by atoms with Gasteiger partial charge < -0.3 is 16.0 Å². The summed E-state index contributed by atoms with van der Waals surface area (Å²) < 4.78 is 0. The van der Waals surface area contributed by atoms with Gasteiger partial charge in [0, 0.05) is 19.5 Å². The van der Waals surface area contributed by atoms with Crippen LogP contribution in [0.15, 0.2) is 24.3 Å². The van der Waals surface area contributed by atoms with Crippen molar-refractivity contribution in [2.24, 2.45) is 0 Å². The van der Waals surface area contributed by atoms with Crippen LogP contribution in [0.1, 0.15) is 44.4 Å². The predicted molar refractivity (Wildman–Crippen MR) is 88.5 cm³/mol. The number of likely N-dealkylation sites (N-methyl/N-ethyl adjacent to an activating group) is 1. The fraction of sp³-hybridized carbons (Fsp3) is 0.529. The fourth-order valence-electron chi connectivity index (χ4n) is 2.24. The van der Waals surface area contributed by atoms with E-state index in [0.29, 0.717) is 6.54 Å². The highest BCUT2D eigenvalue weighted by Gasteiger charge is 2.17. The molecule has 0 aliphatic carbocycles. The minimum Gasteiger partial charge on any atom is -0.354 e. The van der Waals surface area contributed by atoms with Crippen LogP contribution in [0, 0.1) is 6.92 Å². The van der Waals surface area contributed by atoms with Crippen LogP contribution in [0.2, 0.25) is 0 Å². The fourth-order valence-corrected chi connectivity index (χ4v) is 2.24. The Bertz CT molecular complexity index is 485. The molecule has 0 spiro atoms. The van der Waals surface area contributed by atoms with Gasteiger partial charge in [-0.15, -0.1) is 0 Å². The number of aryl methyl sites for hydroxylation is 1. The van der Waals surface area contributed by atoms with Crippen molar-refractivity contribution in [1.29, 1.82) is 0 Å². The molecule has 0 aliphatic rings. The second kappa shape index (κ2) is 9.20. The maximum atomic E-state index is 12.1. The molecule has 122 valence electrons. The molecule has 2 atom stereocenters. The Morgan fingerprint density at radius 2 is 1.82 bits per heavy atom. The second-order valence-corrected chi connectivity index (χ2v) is 5.63. The SMILES string of the molecule is CCN[C@H](C)CNC(=O)CC(NC(C)=O)c1ccc(C)cc1. The average Bonchev–Trinajstić information content (AvgIpc) is 2.45. The molecule has 1 rings (SSSR count). The lowest BCUT2D eigenvalue weighted by Gasteiger charge is -2.19. The normalized spacial score (nSPS) is 13.3. The molecule has 0 heterocycles. The molecule has 5 nitrogen and oxygen atoms in total. The quantitative estimate of drug-likeness (QED) is 0.684. The Morgan fingerprint density at radius 3 is 2.36 bits per heavy atom. The molecule has 0 radical (unpaired) electrons. The van der Waals surface area contributed by atoms with Crippen LogP contribution in [0.3, 0.4) is 0 Å². The van der Waals surface area contributed by atoms with E-state index in [1.54, 1.807) is 0 Å². The third-order valence-electron chi connectivity index (χ3n) is 3.40. The molecule has 0 bridgehead atoms. The molecule has 0 aliphatic heterocycles. The van der Waals surface area contributed by atoms with E-state index in [4.69, 9.17) is 0 Å². The standard InChI is InChI=1S/C17H27N3O2/c1-5-18-13(3)11-19-17(22)10-16(20-14(4)21)15-8-6-12(2)7-9-15/h6-9,13,16,18H,5,10-11H2,1-4H3,(H,19,22)(H,20,21)/t13-,16?/m1/s1. The summed E-state index contributed by atoms with van der Waals surface area (Å²) in [5.74, 6) is -0.205. The number of nitrogens with one attached hydrogen (secondary N) is 3. The monoisotopic (exact) mass is 305 g/mol. The first-order chi connectivity index (χ1) is 10.4. The van der Waals surface area contributed by atoms with Gasteiger partial charge in [0.1, 0.15) is 0 Å². The van der Waals surface area contributed by atoms with Crippen molar-refractivity contribution >= 4 is 11.8 Å². The average molecular weight is 305 g/mol. The number of carbonyl (C=O) groups is 2. The van der Waals surface area contributed by atoms with Crippen molar-refractivity contribution in [3.63, 3.8) is 0 Å². The molecule has 1 aromatic carbocycles. The van der Waals surface area contributed by atoms with E-state index in [1.165, 1.54) is 6.92 Å². The Kier molecular flexibility index (Phi) is 7.60. The predicted octanol–water partition coefficient (Wildman–Crippen LogP) is 1.68. The van der Waals surface area contributed by atoms with Gasteiger partial charge in [-0.1, -0.05) is 36.8 Å². The first-order valence-electron chi connectivity index (χ1n) is 7.76. The first kappa shape index (κ1) is 18.2. The summed E-state index contributed by atoms with van der Waals surface area (Å²) in [6.07, 6.45) is 0.238. The zero-order chi connectivity index (χ0) is 16.5. The maximum Gasteiger partial charge on any atom is 0.222 e. The zero-order valence-corrected chi connectivity index (χ0v) is 13.9. The van der Waals surface area contributed by atoms with E-state index in [-0.39, 0.29) is 30.3 Å². The van der Waals surface area contributed by atoms with Crippen LogP contribution in [-0.2, 0) is 9.59 Å². The Labute approximate surface area is 132 Å². The summed E-state index contributed by atoms with van der Waals surface area (Å²) in [6, 6.07) is 7.79. The molecule has 22 heavy (non-hydrogen) atoms. The van der Waals surface area contributed by atoms with Crippen LogP contribution in [0.4, 0.5) is 0 Å². The van der Waals surface area contributed by atoms with Crippen molar-refractivity contribution in [2.45, 2.75) is 46.2 Å². The van der Waals surface area contributed by atoms with Gasteiger partial charge in [-0.25, -0.2) is 0 Å². The van der Waals surface area contributed by atoms with Crippen LogP contribution < -0.4 is 16.0 Å². The van der Waals surface area contributed by atoms with Gasteiger partial charge in [0.05, 0.1) is 12.5 Å². The van der Waals surface area contributed by atoms with Gasteiger partial charge in [0.15, 0.2) is 0 Å². The van der Waals surface area contributed by atoms with Crippen molar-refractivity contribution in [3.05, 3.63) is 35.4 Å². The number of hydrogen-bond donors (Lipinski definition) is 3. The van der Waals surface area contributed by atoms with Crippen LogP contribution in [0.25, 0.3) is 0 Å². The molecule has 2 amide bonds. The van der Waals surface area contributed by atoms with Crippen molar-refractivity contribution in [2.75, 3.05) is 13.1 Å². The van der Waals surface area contributed by atoms with Gasteiger partial charge in [-0.2, -0.15) is 0 Å². The second-order valence-electron chi connectivity index (χ2n) is 5.63. The third kappa shape index (κ3) is 6.72. The van der Waals surface area contributed by atoms with Gasteiger partial charge in [-0.05, 0) is 26.0 Å². The molecular weight excluding hydrogens is 278 g/mol. The van der Waals surface area contributed by atoms with E-state index >= 15 is 0 Å². The lowest BCUT2D eigenvalue weighted by atomic mass is 10.0. The maximum absolute atomic E-state index is 12.1. The lowest BCUT2D eigenvalue weighted by molar-refractivity contribution is -0.122. The summed E-state index contributed by atoms with van der Waals surface area (Å²) in [5, 5.41) is 8.98. The van der Waals surface area contributed by atoms with E-state index in [2.05, 4.69) is 16.0 Å². The molecule has 0 saturated heterocycles. The van der Waals surface area contributed by atoms with Gasteiger partial charge >= 0.3 is 0 Å². The summed E-state index contributed by atoms with van der Waals surface area (Å²) in [7, 11) is 0. The number of carbonyl (C=O) groups excluding carboxylic acids is 2. The van der Waals surface area contributed by atoms with E-state index in [1.807, 2.05) is 45.0 Å². The van der Waals surface area contributed by atoms with E-state index in [9.17, 15) is 9.59 Å². The smallest absolute Gasteiger partial charge is 0.222 e. The Morgan fingerprint density at radius 1 is 1.18 bits per heavy atom. The largest absolute Gasteiger partial charge is 0.354 e. The third-order valence-corrected chi connectivity index (χ3v) is 3.40. The van der Waals surface area contributed by atoms with Gasteiger partial charge in [0.2, 0.25) is 11.8 Å². The minimum absolute atomic E-state index is 0.0657. The summed E-state index contributed by atoms with van der Waals surface area (Å²) >= 11 is 0. The highest BCUT2D eigenvalue weighted by molar-refractivity contribution is 5.79. The number of benzene rings is 1. The van der Waals surface area contributed by atoms with Gasteiger partial charge in [0.25, 0.3) is 0 Å². The molecule has 0 aromatic heterocycles. The van der Waals surface area contributed by atoms with Crippen LogP contribution >= 0.6 is 0 Å². The number of amides is 2. The van der Waals surface area contributed by atoms with Crippen molar-refractivity contribution in [1.82, 2.24) is 16.0 Å². The molecule has 1 aromatic rings. The minimum atomic E-state index is -0.299. The summed E-state index contributed by atoms with van der Waals surface area (Å²) in [5.41, 5.74) is 2.09. The summed E-state index contributed by atoms with van der Waals surface area (Å²) in [4.78, 5) is 23.5. The lowest BCUT2D eigenvalue weighted by Crippen LogP contribution is -2.40. The van der Waals surface area contributed by atoms with Crippen molar-refractivity contribution < 1.29 is 9.59 Å². The first-order valence-corrected chi connectivity index (χ1v) is 7.76. The zero-order valence-electron chi connectivity index (χ0n) is 13.9. The van der Waals surface area contributed by atoms with E-state index in [0.717, 1.165) is 17.7 Å². The molecule has 0 saturated carbocycles. The number of hydrogen-bond acceptors (Lipinski definition) is 3.